The number of anilines is 1. The van der Waals surface area contributed by atoms with Crippen LogP contribution in [0.5, 0.6) is 5.75 Å². The number of amides is 2. The Balaban J connectivity index is 2.07. The third-order valence-electron chi connectivity index (χ3n) is 6.06. The van der Waals surface area contributed by atoms with E-state index in [0.717, 1.165) is 10.7 Å². The Kier molecular flexibility index (Phi) is 10.8. The second-order valence-corrected chi connectivity index (χ2v) is 11.1. The van der Waals surface area contributed by atoms with Gasteiger partial charge in [-0.2, -0.15) is 0 Å². The highest BCUT2D eigenvalue weighted by atomic mass is 35.5. The van der Waals surface area contributed by atoms with Crippen LogP contribution in [0.3, 0.4) is 0 Å². The van der Waals surface area contributed by atoms with Crippen molar-refractivity contribution < 1.29 is 22.7 Å². The van der Waals surface area contributed by atoms with Crippen LogP contribution in [-0.2, 0) is 26.2 Å². The van der Waals surface area contributed by atoms with Gasteiger partial charge in [-0.3, -0.25) is 13.9 Å². The average molecular weight is 572 g/mol. The largest absolute Gasteiger partial charge is 0.492 e. The number of hydrogen-bond donors (Lipinski definition) is 1. The summed E-state index contributed by atoms with van der Waals surface area (Å²) in [5, 5.41) is 3.25. The van der Waals surface area contributed by atoms with Crippen LogP contribution in [0.1, 0.15) is 32.8 Å². The average Bonchev–Trinajstić information content (AvgIpc) is 2.94. The molecule has 0 saturated heterocycles. The Bertz CT molecular complexity index is 1370. The van der Waals surface area contributed by atoms with Gasteiger partial charge >= 0.3 is 0 Å². The quantitative estimate of drug-likeness (QED) is 0.315. The standard InChI is InChI=1S/C29H34ClN3O5S/c1-4-19-31-29(35)22(3)32(20-23-13-9-10-16-25(23)30)28(34)21-33(26-17-11-12-18-27(26)38-5-2)39(36,37)24-14-7-6-8-15-24/h6-18,22H,4-5,19-21H2,1-3H3,(H,31,35)/t22-/m0/s1. The molecule has 0 bridgehead atoms. The molecular formula is C29H34ClN3O5S. The number of benzene rings is 3. The maximum atomic E-state index is 14.0. The number of hydrogen-bond acceptors (Lipinski definition) is 5. The van der Waals surface area contributed by atoms with Crippen LogP contribution < -0.4 is 14.4 Å². The number of halogens is 1. The van der Waals surface area contributed by atoms with E-state index in [1.165, 1.54) is 17.0 Å². The van der Waals surface area contributed by atoms with Crippen molar-refractivity contribution in [1.82, 2.24) is 10.2 Å². The summed E-state index contributed by atoms with van der Waals surface area (Å²) in [7, 11) is -4.19. The van der Waals surface area contributed by atoms with Gasteiger partial charge in [0.1, 0.15) is 18.3 Å². The fraction of sp³-hybridized carbons (Fsp3) is 0.310. The highest BCUT2D eigenvalue weighted by molar-refractivity contribution is 7.92. The van der Waals surface area contributed by atoms with E-state index in [0.29, 0.717) is 29.5 Å². The van der Waals surface area contributed by atoms with E-state index < -0.39 is 28.5 Å². The lowest BCUT2D eigenvalue weighted by Gasteiger charge is -2.32. The molecule has 0 saturated carbocycles. The lowest BCUT2D eigenvalue weighted by atomic mass is 10.1. The molecule has 39 heavy (non-hydrogen) atoms. The van der Waals surface area contributed by atoms with Gasteiger partial charge in [0.25, 0.3) is 10.0 Å². The summed E-state index contributed by atoms with van der Waals surface area (Å²) in [4.78, 5) is 28.3. The maximum Gasteiger partial charge on any atom is 0.264 e. The van der Waals surface area contributed by atoms with Crippen LogP contribution in [0.2, 0.25) is 5.02 Å². The lowest BCUT2D eigenvalue weighted by molar-refractivity contribution is -0.139. The summed E-state index contributed by atoms with van der Waals surface area (Å²) in [5.41, 5.74) is 0.854. The molecule has 0 spiro atoms. The van der Waals surface area contributed by atoms with Crippen LogP contribution in [0.15, 0.2) is 83.8 Å². The predicted octanol–water partition coefficient (Wildman–Crippen LogP) is 4.88. The zero-order valence-corrected chi connectivity index (χ0v) is 23.9. The Morgan fingerprint density at radius 2 is 1.59 bits per heavy atom. The molecule has 208 valence electrons. The van der Waals surface area contributed by atoms with Gasteiger partial charge in [-0.05, 0) is 56.2 Å². The second-order valence-electron chi connectivity index (χ2n) is 8.81. The summed E-state index contributed by atoms with van der Waals surface area (Å²) in [6.07, 6.45) is 0.730. The molecule has 3 rings (SSSR count). The number of sulfonamides is 1. The first-order valence-corrected chi connectivity index (χ1v) is 14.6. The predicted molar refractivity (Wildman–Crippen MR) is 153 cm³/mol. The van der Waals surface area contributed by atoms with Gasteiger partial charge in [-0.15, -0.1) is 0 Å². The first-order valence-electron chi connectivity index (χ1n) is 12.8. The van der Waals surface area contributed by atoms with Crippen LogP contribution in [0.4, 0.5) is 5.69 Å². The van der Waals surface area contributed by atoms with E-state index >= 15 is 0 Å². The smallest absolute Gasteiger partial charge is 0.264 e. The van der Waals surface area contributed by atoms with Crippen LogP contribution in [-0.4, -0.2) is 50.9 Å². The van der Waals surface area contributed by atoms with Gasteiger partial charge in [0.15, 0.2) is 0 Å². The number of para-hydroxylation sites is 2. The van der Waals surface area contributed by atoms with Gasteiger partial charge in [0.05, 0.1) is 17.2 Å². The van der Waals surface area contributed by atoms with Crippen molar-refractivity contribution in [3.8, 4) is 5.75 Å². The molecule has 0 aliphatic rings. The molecule has 8 nitrogen and oxygen atoms in total. The Morgan fingerprint density at radius 1 is 0.949 bits per heavy atom. The molecule has 0 aliphatic carbocycles. The minimum atomic E-state index is -4.19. The third-order valence-corrected chi connectivity index (χ3v) is 8.20. The molecular weight excluding hydrogens is 538 g/mol. The van der Waals surface area contributed by atoms with E-state index in [4.69, 9.17) is 16.3 Å². The lowest BCUT2D eigenvalue weighted by Crippen LogP contribution is -2.51. The van der Waals surface area contributed by atoms with E-state index in [2.05, 4.69) is 5.32 Å². The van der Waals surface area contributed by atoms with Gasteiger partial charge < -0.3 is 15.0 Å². The van der Waals surface area contributed by atoms with Crippen molar-refractivity contribution in [3.05, 3.63) is 89.4 Å². The minimum Gasteiger partial charge on any atom is -0.492 e. The number of rotatable bonds is 13. The van der Waals surface area contributed by atoms with Gasteiger partial charge in [-0.1, -0.05) is 67.1 Å². The number of nitrogens with one attached hydrogen (secondary N) is 1. The third kappa shape index (κ3) is 7.52. The first-order chi connectivity index (χ1) is 18.7. The van der Waals surface area contributed by atoms with Crippen molar-refractivity contribution in [3.63, 3.8) is 0 Å². The molecule has 0 fully saturated rings. The maximum absolute atomic E-state index is 14.0. The Labute approximate surface area is 235 Å². The van der Waals surface area contributed by atoms with Crippen molar-refractivity contribution in [2.24, 2.45) is 0 Å². The fourth-order valence-corrected chi connectivity index (χ4v) is 5.60. The molecule has 0 heterocycles. The van der Waals surface area contributed by atoms with Crippen molar-refractivity contribution in [2.75, 3.05) is 24.0 Å². The van der Waals surface area contributed by atoms with E-state index in [9.17, 15) is 18.0 Å². The molecule has 0 aliphatic heterocycles. The number of carbonyl (C=O) groups excluding carboxylic acids is 2. The minimum absolute atomic E-state index is 0.0194. The molecule has 2 amide bonds. The SMILES string of the molecule is CCCNC(=O)[C@H](C)N(Cc1ccccc1Cl)C(=O)CN(c1ccccc1OCC)S(=O)(=O)c1ccccc1. The highest BCUT2D eigenvalue weighted by Crippen LogP contribution is 2.33. The van der Waals surface area contributed by atoms with E-state index in [1.807, 2.05) is 6.92 Å². The molecule has 3 aromatic carbocycles. The second kappa shape index (κ2) is 14.0. The number of carbonyl (C=O) groups is 2. The molecule has 0 unspecified atom stereocenters. The van der Waals surface area contributed by atoms with Crippen molar-refractivity contribution in [1.29, 1.82) is 0 Å². The fourth-order valence-electron chi connectivity index (χ4n) is 3.96. The van der Waals surface area contributed by atoms with Crippen LogP contribution >= 0.6 is 11.6 Å². The Hall–Kier alpha value is -3.56. The monoisotopic (exact) mass is 571 g/mol. The summed E-state index contributed by atoms with van der Waals surface area (Å²) in [6.45, 7) is 5.55. The van der Waals surface area contributed by atoms with Gasteiger partial charge in [0, 0.05) is 18.1 Å². The summed E-state index contributed by atoms with van der Waals surface area (Å²) >= 11 is 6.39. The number of nitrogens with zero attached hydrogens (tertiary/aromatic N) is 2. The summed E-state index contributed by atoms with van der Waals surface area (Å²) in [6, 6.07) is 20.7. The zero-order chi connectivity index (χ0) is 28.4. The highest BCUT2D eigenvalue weighted by Gasteiger charge is 2.33. The van der Waals surface area contributed by atoms with Crippen molar-refractivity contribution in [2.45, 2.75) is 44.7 Å². The van der Waals surface area contributed by atoms with Crippen molar-refractivity contribution >= 4 is 39.1 Å². The van der Waals surface area contributed by atoms with E-state index in [1.54, 1.807) is 80.6 Å². The van der Waals surface area contributed by atoms with Crippen LogP contribution in [0, 0.1) is 0 Å². The van der Waals surface area contributed by atoms with Gasteiger partial charge in [0.2, 0.25) is 11.8 Å². The number of ether oxygens (including phenoxy) is 1. The molecule has 0 radical (unpaired) electrons. The normalized spacial score (nSPS) is 11.9. The molecule has 1 N–H and O–H groups in total. The molecule has 10 heteroatoms. The van der Waals surface area contributed by atoms with Crippen LogP contribution in [0.25, 0.3) is 0 Å². The van der Waals surface area contributed by atoms with E-state index in [-0.39, 0.29) is 23.0 Å². The molecule has 1 atom stereocenters. The molecule has 3 aromatic rings. The topological polar surface area (TPSA) is 96.0 Å². The molecule has 0 aromatic heterocycles. The summed E-state index contributed by atoms with van der Waals surface area (Å²) in [5.74, 6) is -0.594. The first kappa shape index (κ1) is 30.0. The summed E-state index contributed by atoms with van der Waals surface area (Å²) < 4.78 is 34.6. The van der Waals surface area contributed by atoms with Gasteiger partial charge in [-0.25, -0.2) is 8.42 Å². The zero-order valence-electron chi connectivity index (χ0n) is 22.3. The Morgan fingerprint density at radius 3 is 2.26 bits per heavy atom.